The van der Waals surface area contributed by atoms with Crippen LogP contribution in [0.2, 0.25) is 0 Å². The highest BCUT2D eigenvalue weighted by atomic mass is 16.2. The minimum Gasteiger partial charge on any atom is -0.321 e. The highest BCUT2D eigenvalue weighted by molar-refractivity contribution is 5.71. The van der Waals surface area contributed by atoms with Crippen LogP contribution >= 0.6 is 0 Å². The molecule has 0 unspecified atom stereocenters. The van der Waals surface area contributed by atoms with Crippen LogP contribution in [0.15, 0.2) is 33.9 Å². The van der Waals surface area contributed by atoms with Gasteiger partial charge in [-0.25, -0.2) is 9.78 Å². The monoisotopic (exact) mass is 383 g/mol. The number of rotatable bonds is 7. The van der Waals surface area contributed by atoms with Crippen LogP contribution in [0.3, 0.4) is 0 Å². The molecule has 0 atom stereocenters. The molecule has 0 bridgehead atoms. The SMILES string of the molecule is CCN(C)CCn1c(C)nc2c1c(=O)n(C)c(=O)n2CCc1ccc(C)cc1. The molecule has 7 heteroatoms. The summed E-state index contributed by atoms with van der Waals surface area (Å²) < 4.78 is 4.76. The number of hydrogen-bond acceptors (Lipinski definition) is 4. The second kappa shape index (κ2) is 8.14. The number of imidazole rings is 1. The molecule has 2 aromatic heterocycles. The van der Waals surface area contributed by atoms with E-state index >= 15 is 0 Å². The van der Waals surface area contributed by atoms with Crippen molar-refractivity contribution < 1.29 is 0 Å². The van der Waals surface area contributed by atoms with Crippen molar-refractivity contribution in [1.82, 2.24) is 23.6 Å². The van der Waals surface area contributed by atoms with E-state index in [0.29, 0.717) is 30.7 Å². The number of benzene rings is 1. The van der Waals surface area contributed by atoms with Crippen LogP contribution in [0.4, 0.5) is 0 Å². The Bertz CT molecular complexity index is 1090. The summed E-state index contributed by atoms with van der Waals surface area (Å²) in [6.45, 7) is 8.94. The fraction of sp³-hybridized carbons (Fsp3) is 0.476. The number of aromatic nitrogens is 4. The largest absolute Gasteiger partial charge is 0.332 e. The molecule has 0 aliphatic rings. The van der Waals surface area contributed by atoms with Gasteiger partial charge >= 0.3 is 5.69 Å². The van der Waals surface area contributed by atoms with Crippen molar-refractivity contribution >= 4 is 11.2 Å². The third-order valence-corrected chi connectivity index (χ3v) is 5.41. The predicted molar refractivity (Wildman–Crippen MR) is 112 cm³/mol. The minimum absolute atomic E-state index is 0.286. The Labute approximate surface area is 164 Å². The molecular weight excluding hydrogens is 354 g/mol. The van der Waals surface area contributed by atoms with Crippen LogP contribution in [0.1, 0.15) is 23.9 Å². The van der Waals surface area contributed by atoms with Gasteiger partial charge in [-0.1, -0.05) is 36.8 Å². The summed E-state index contributed by atoms with van der Waals surface area (Å²) in [5.41, 5.74) is 2.74. The van der Waals surface area contributed by atoms with Crippen LogP contribution in [0, 0.1) is 13.8 Å². The lowest BCUT2D eigenvalue weighted by molar-refractivity contribution is 0.335. The predicted octanol–water partition coefficient (Wildman–Crippen LogP) is 1.71. The number of hydrogen-bond donors (Lipinski definition) is 0. The van der Waals surface area contributed by atoms with E-state index in [2.05, 4.69) is 48.0 Å². The van der Waals surface area contributed by atoms with E-state index in [4.69, 9.17) is 0 Å². The van der Waals surface area contributed by atoms with E-state index in [1.807, 2.05) is 18.5 Å². The van der Waals surface area contributed by atoms with Crippen molar-refractivity contribution in [2.24, 2.45) is 7.05 Å². The summed E-state index contributed by atoms with van der Waals surface area (Å²) in [4.78, 5) is 32.4. The molecule has 0 amide bonds. The Balaban J connectivity index is 2.03. The molecule has 150 valence electrons. The standard InChI is InChI=1S/C21H29N5O2/c1-6-23(4)13-14-25-16(3)22-19-18(25)20(27)24(5)21(28)26(19)12-11-17-9-7-15(2)8-10-17/h7-10H,6,11-14H2,1-5H3. The van der Waals surface area contributed by atoms with Gasteiger partial charge in [0.2, 0.25) is 0 Å². The maximum atomic E-state index is 12.8. The molecule has 0 radical (unpaired) electrons. The van der Waals surface area contributed by atoms with Gasteiger partial charge in [0.05, 0.1) is 0 Å². The van der Waals surface area contributed by atoms with Gasteiger partial charge in [-0.3, -0.25) is 13.9 Å². The van der Waals surface area contributed by atoms with Crippen molar-refractivity contribution in [3.05, 3.63) is 62.1 Å². The molecule has 1 aromatic carbocycles. The third-order valence-electron chi connectivity index (χ3n) is 5.41. The lowest BCUT2D eigenvalue weighted by Crippen LogP contribution is -2.39. The van der Waals surface area contributed by atoms with Gasteiger partial charge < -0.3 is 9.47 Å². The average Bonchev–Trinajstić information content (AvgIpc) is 3.01. The van der Waals surface area contributed by atoms with E-state index in [-0.39, 0.29) is 11.2 Å². The molecule has 3 aromatic rings. The topological polar surface area (TPSA) is 65.1 Å². The maximum Gasteiger partial charge on any atom is 0.332 e. The smallest absolute Gasteiger partial charge is 0.321 e. The molecule has 3 rings (SSSR count). The summed E-state index contributed by atoms with van der Waals surface area (Å²) >= 11 is 0. The van der Waals surface area contributed by atoms with E-state index in [0.717, 1.165) is 24.5 Å². The molecule has 7 nitrogen and oxygen atoms in total. The number of likely N-dealkylation sites (N-methyl/N-ethyl adjacent to an activating group) is 1. The molecule has 0 aliphatic carbocycles. The molecule has 0 saturated carbocycles. The van der Waals surface area contributed by atoms with Gasteiger partial charge in [-0.2, -0.15) is 0 Å². The quantitative estimate of drug-likeness (QED) is 0.623. The van der Waals surface area contributed by atoms with Gasteiger partial charge in [-0.15, -0.1) is 0 Å². The first-order valence-corrected chi connectivity index (χ1v) is 9.74. The van der Waals surface area contributed by atoms with Crippen molar-refractivity contribution in [2.75, 3.05) is 20.1 Å². The first-order valence-electron chi connectivity index (χ1n) is 9.74. The Morgan fingerprint density at radius 2 is 1.71 bits per heavy atom. The molecule has 0 aliphatic heterocycles. The first-order chi connectivity index (χ1) is 13.3. The van der Waals surface area contributed by atoms with Gasteiger partial charge in [0, 0.05) is 26.7 Å². The molecule has 0 fully saturated rings. The molecular formula is C21H29N5O2. The van der Waals surface area contributed by atoms with Crippen molar-refractivity contribution in [2.45, 2.75) is 40.3 Å². The second-order valence-electron chi connectivity index (χ2n) is 7.41. The van der Waals surface area contributed by atoms with E-state index in [1.165, 1.54) is 17.2 Å². The van der Waals surface area contributed by atoms with Gasteiger partial charge in [0.25, 0.3) is 5.56 Å². The fourth-order valence-electron chi connectivity index (χ4n) is 3.37. The van der Waals surface area contributed by atoms with Gasteiger partial charge in [0.15, 0.2) is 11.2 Å². The second-order valence-corrected chi connectivity index (χ2v) is 7.41. The highest BCUT2D eigenvalue weighted by Crippen LogP contribution is 2.12. The Morgan fingerprint density at radius 1 is 1.04 bits per heavy atom. The maximum absolute atomic E-state index is 12.8. The molecule has 0 N–H and O–H groups in total. The van der Waals surface area contributed by atoms with Crippen molar-refractivity contribution in [1.29, 1.82) is 0 Å². The number of aryl methyl sites for hydroxylation is 4. The minimum atomic E-state index is -0.320. The highest BCUT2D eigenvalue weighted by Gasteiger charge is 2.18. The normalized spacial score (nSPS) is 11.6. The van der Waals surface area contributed by atoms with Crippen LogP contribution in [0.5, 0.6) is 0 Å². The summed E-state index contributed by atoms with van der Waals surface area (Å²) in [7, 11) is 3.58. The Kier molecular flexibility index (Phi) is 5.84. The van der Waals surface area contributed by atoms with Crippen LogP contribution in [-0.2, 0) is 26.6 Å². The number of nitrogens with zero attached hydrogens (tertiary/aromatic N) is 5. The van der Waals surface area contributed by atoms with E-state index < -0.39 is 0 Å². The van der Waals surface area contributed by atoms with Crippen LogP contribution in [0.25, 0.3) is 11.2 Å². The van der Waals surface area contributed by atoms with Crippen molar-refractivity contribution in [3.63, 3.8) is 0 Å². The fourth-order valence-corrected chi connectivity index (χ4v) is 3.37. The van der Waals surface area contributed by atoms with Crippen molar-refractivity contribution in [3.8, 4) is 0 Å². The zero-order chi connectivity index (χ0) is 20.4. The summed E-state index contributed by atoms with van der Waals surface area (Å²) in [6, 6.07) is 8.28. The Morgan fingerprint density at radius 3 is 2.36 bits per heavy atom. The molecule has 0 saturated heterocycles. The van der Waals surface area contributed by atoms with Gasteiger partial charge in [0.1, 0.15) is 5.82 Å². The molecule has 2 heterocycles. The molecule has 28 heavy (non-hydrogen) atoms. The zero-order valence-electron chi connectivity index (χ0n) is 17.4. The van der Waals surface area contributed by atoms with Crippen LogP contribution < -0.4 is 11.2 Å². The van der Waals surface area contributed by atoms with Gasteiger partial charge in [-0.05, 0) is 39.4 Å². The summed E-state index contributed by atoms with van der Waals surface area (Å²) in [6.07, 6.45) is 0.706. The van der Waals surface area contributed by atoms with Crippen LogP contribution in [-0.4, -0.2) is 43.7 Å². The summed E-state index contributed by atoms with van der Waals surface area (Å²) in [5, 5.41) is 0. The van der Waals surface area contributed by atoms with E-state index in [9.17, 15) is 9.59 Å². The Hall–Kier alpha value is -2.67. The third kappa shape index (κ3) is 3.80. The summed E-state index contributed by atoms with van der Waals surface area (Å²) in [5.74, 6) is 0.756. The lowest BCUT2D eigenvalue weighted by Gasteiger charge is -2.15. The zero-order valence-corrected chi connectivity index (χ0v) is 17.4. The molecule has 0 spiro atoms. The number of fused-ring (bicyclic) bond motifs is 1. The average molecular weight is 383 g/mol. The lowest BCUT2D eigenvalue weighted by atomic mass is 10.1. The van der Waals surface area contributed by atoms with E-state index in [1.54, 1.807) is 4.57 Å². The first kappa shape index (κ1) is 20.1.